The van der Waals surface area contributed by atoms with Crippen molar-refractivity contribution in [3.8, 4) is 0 Å². The fourth-order valence-corrected chi connectivity index (χ4v) is 2.46. The normalized spacial score (nSPS) is 20.6. The van der Waals surface area contributed by atoms with Crippen molar-refractivity contribution >= 4 is 5.69 Å². The molecule has 0 saturated carbocycles. The van der Waals surface area contributed by atoms with E-state index in [0.29, 0.717) is 6.04 Å². The molecule has 3 heteroatoms. The van der Waals surface area contributed by atoms with E-state index in [0.717, 1.165) is 25.9 Å². The van der Waals surface area contributed by atoms with Crippen LogP contribution in [-0.2, 0) is 6.42 Å². The lowest BCUT2D eigenvalue weighted by Gasteiger charge is -2.34. The second-order valence-electron chi connectivity index (χ2n) is 4.83. The van der Waals surface area contributed by atoms with Crippen molar-refractivity contribution in [1.29, 1.82) is 0 Å². The fraction of sp³-hybridized carbons (Fsp3) is 0.643. The number of hydrogen-bond acceptors (Lipinski definition) is 3. The van der Waals surface area contributed by atoms with Gasteiger partial charge in [-0.05, 0) is 38.4 Å². The average molecular weight is 233 g/mol. The molecule has 2 rings (SSSR count). The van der Waals surface area contributed by atoms with Gasteiger partial charge < -0.3 is 10.2 Å². The molecule has 0 spiro atoms. The van der Waals surface area contributed by atoms with Crippen LogP contribution in [0.5, 0.6) is 0 Å². The van der Waals surface area contributed by atoms with Crippen molar-refractivity contribution in [3.63, 3.8) is 0 Å². The van der Waals surface area contributed by atoms with E-state index in [1.165, 1.54) is 24.2 Å². The van der Waals surface area contributed by atoms with Crippen LogP contribution in [-0.4, -0.2) is 31.2 Å². The lowest BCUT2D eigenvalue weighted by molar-refractivity contribution is 0.449. The van der Waals surface area contributed by atoms with Crippen molar-refractivity contribution in [1.82, 2.24) is 10.3 Å². The van der Waals surface area contributed by atoms with Gasteiger partial charge in [0.15, 0.2) is 0 Å². The molecule has 0 aliphatic carbocycles. The first-order chi connectivity index (χ1) is 8.33. The molecule has 1 saturated heterocycles. The van der Waals surface area contributed by atoms with Crippen LogP contribution >= 0.6 is 0 Å². The highest BCUT2D eigenvalue weighted by Crippen LogP contribution is 2.19. The van der Waals surface area contributed by atoms with Gasteiger partial charge in [0.05, 0.1) is 11.9 Å². The molecule has 1 fully saturated rings. The van der Waals surface area contributed by atoms with E-state index < -0.39 is 0 Å². The number of aromatic nitrogens is 1. The minimum atomic E-state index is 0.624. The zero-order chi connectivity index (χ0) is 12.1. The Labute approximate surface area is 104 Å². The summed E-state index contributed by atoms with van der Waals surface area (Å²) < 4.78 is 0. The molecular weight excluding hydrogens is 210 g/mol. The van der Waals surface area contributed by atoms with Crippen LogP contribution in [0, 0.1) is 0 Å². The van der Waals surface area contributed by atoms with E-state index in [2.05, 4.69) is 41.3 Å². The Morgan fingerprint density at radius 1 is 1.47 bits per heavy atom. The lowest BCUT2D eigenvalue weighted by Crippen LogP contribution is -2.44. The van der Waals surface area contributed by atoms with Crippen molar-refractivity contribution < 1.29 is 0 Å². The van der Waals surface area contributed by atoms with Gasteiger partial charge >= 0.3 is 0 Å². The zero-order valence-corrected chi connectivity index (χ0v) is 10.9. The van der Waals surface area contributed by atoms with Gasteiger partial charge in [0.2, 0.25) is 0 Å². The molecule has 1 atom stereocenters. The third kappa shape index (κ3) is 3.19. The molecule has 1 aliphatic heterocycles. The molecule has 1 N–H and O–H groups in total. The SMILES string of the molecule is CCCc1ccc(N2CCCC(NC)C2)cn1. The highest BCUT2D eigenvalue weighted by atomic mass is 15.2. The smallest absolute Gasteiger partial charge is 0.0553 e. The minimum Gasteiger partial charge on any atom is -0.369 e. The number of pyridine rings is 1. The second-order valence-corrected chi connectivity index (χ2v) is 4.83. The Bertz CT molecular complexity index is 334. The molecule has 1 aromatic heterocycles. The highest BCUT2D eigenvalue weighted by Gasteiger charge is 2.18. The maximum Gasteiger partial charge on any atom is 0.0553 e. The van der Waals surface area contributed by atoms with Gasteiger partial charge in [-0.15, -0.1) is 0 Å². The number of aryl methyl sites for hydroxylation is 1. The van der Waals surface area contributed by atoms with E-state index in [4.69, 9.17) is 0 Å². The van der Waals surface area contributed by atoms with Crippen LogP contribution in [0.25, 0.3) is 0 Å². The van der Waals surface area contributed by atoms with Gasteiger partial charge in [0.25, 0.3) is 0 Å². The third-order valence-corrected chi connectivity index (χ3v) is 3.51. The van der Waals surface area contributed by atoms with Crippen LogP contribution in [0.1, 0.15) is 31.9 Å². The summed E-state index contributed by atoms with van der Waals surface area (Å²) >= 11 is 0. The summed E-state index contributed by atoms with van der Waals surface area (Å²) in [7, 11) is 2.05. The van der Waals surface area contributed by atoms with Crippen molar-refractivity contribution in [3.05, 3.63) is 24.0 Å². The molecule has 2 heterocycles. The number of hydrogen-bond donors (Lipinski definition) is 1. The van der Waals surface area contributed by atoms with Gasteiger partial charge in [-0.2, -0.15) is 0 Å². The van der Waals surface area contributed by atoms with Gasteiger partial charge in [0, 0.05) is 24.8 Å². The van der Waals surface area contributed by atoms with Crippen LogP contribution in [0.3, 0.4) is 0 Å². The van der Waals surface area contributed by atoms with Gasteiger partial charge in [-0.25, -0.2) is 0 Å². The largest absolute Gasteiger partial charge is 0.369 e. The Hall–Kier alpha value is -1.09. The minimum absolute atomic E-state index is 0.624. The zero-order valence-electron chi connectivity index (χ0n) is 10.9. The predicted octanol–water partition coefficient (Wildman–Crippen LogP) is 2.22. The highest BCUT2D eigenvalue weighted by molar-refractivity contribution is 5.45. The topological polar surface area (TPSA) is 28.2 Å². The van der Waals surface area contributed by atoms with Crippen LogP contribution in [0.2, 0.25) is 0 Å². The molecule has 1 aliphatic rings. The second kappa shape index (κ2) is 6.01. The molecule has 0 aromatic carbocycles. The van der Waals surface area contributed by atoms with Gasteiger partial charge in [0.1, 0.15) is 0 Å². The quantitative estimate of drug-likeness (QED) is 0.864. The summed E-state index contributed by atoms with van der Waals surface area (Å²) in [6.45, 7) is 4.45. The maximum absolute atomic E-state index is 4.53. The molecule has 0 bridgehead atoms. The Morgan fingerprint density at radius 2 is 2.35 bits per heavy atom. The van der Waals surface area contributed by atoms with E-state index >= 15 is 0 Å². The van der Waals surface area contributed by atoms with Crippen molar-refractivity contribution in [2.24, 2.45) is 0 Å². The number of piperidine rings is 1. The predicted molar refractivity (Wildman–Crippen MR) is 72.5 cm³/mol. The molecule has 1 aromatic rings. The van der Waals surface area contributed by atoms with Crippen LogP contribution in [0.4, 0.5) is 5.69 Å². The maximum atomic E-state index is 4.53. The molecule has 0 radical (unpaired) electrons. The number of nitrogens with one attached hydrogen (secondary N) is 1. The summed E-state index contributed by atoms with van der Waals surface area (Å²) in [4.78, 5) is 6.97. The van der Waals surface area contributed by atoms with Gasteiger partial charge in [-0.3, -0.25) is 4.98 Å². The number of nitrogens with zero attached hydrogens (tertiary/aromatic N) is 2. The molecule has 17 heavy (non-hydrogen) atoms. The summed E-state index contributed by atoms with van der Waals surface area (Å²) in [5.74, 6) is 0. The monoisotopic (exact) mass is 233 g/mol. The first kappa shape index (κ1) is 12.4. The number of rotatable bonds is 4. The Morgan fingerprint density at radius 3 is 3.00 bits per heavy atom. The lowest BCUT2D eigenvalue weighted by atomic mass is 10.1. The van der Waals surface area contributed by atoms with E-state index in [9.17, 15) is 0 Å². The third-order valence-electron chi connectivity index (χ3n) is 3.51. The van der Waals surface area contributed by atoms with Crippen molar-refractivity contribution in [2.45, 2.75) is 38.6 Å². The Balaban J connectivity index is 2.01. The fourth-order valence-electron chi connectivity index (χ4n) is 2.46. The molecule has 0 amide bonds. The van der Waals surface area contributed by atoms with Crippen molar-refractivity contribution in [2.75, 3.05) is 25.0 Å². The molecule has 94 valence electrons. The molecule has 3 nitrogen and oxygen atoms in total. The standard InChI is InChI=1S/C14H23N3/c1-3-5-12-7-8-14(10-16-12)17-9-4-6-13(11-17)15-2/h7-8,10,13,15H,3-6,9,11H2,1-2H3. The van der Waals surface area contributed by atoms with Gasteiger partial charge in [-0.1, -0.05) is 13.3 Å². The Kier molecular flexibility index (Phi) is 4.37. The first-order valence-corrected chi connectivity index (χ1v) is 6.70. The summed E-state index contributed by atoms with van der Waals surface area (Å²) in [5.41, 5.74) is 2.48. The molecule has 1 unspecified atom stereocenters. The summed E-state index contributed by atoms with van der Waals surface area (Å²) in [5, 5.41) is 3.37. The van der Waals surface area contributed by atoms with E-state index in [1.54, 1.807) is 0 Å². The number of anilines is 1. The summed E-state index contributed by atoms with van der Waals surface area (Å²) in [6, 6.07) is 5.01. The first-order valence-electron chi connectivity index (χ1n) is 6.70. The average Bonchev–Trinajstić information content (AvgIpc) is 2.40. The number of likely N-dealkylation sites (N-methyl/N-ethyl adjacent to an activating group) is 1. The van der Waals surface area contributed by atoms with E-state index in [-0.39, 0.29) is 0 Å². The van der Waals surface area contributed by atoms with E-state index in [1.807, 2.05) is 6.20 Å². The summed E-state index contributed by atoms with van der Waals surface area (Å²) in [6.07, 6.45) is 6.83. The van der Waals surface area contributed by atoms with Crippen LogP contribution < -0.4 is 10.2 Å². The van der Waals surface area contributed by atoms with Crippen LogP contribution in [0.15, 0.2) is 18.3 Å². The molecular formula is C14H23N3.